The monoisotopic (exact) mass is 560 g/mol. The van der Waals surface area contributed by atoms with Gasteiger partial charge in [-0.15, -0.1) is 0 Å². The van der Waals surface area contributed by atoms with Crippen molar-refractivity contribution in [1.29, 1.82) is 0 Å². The van der Waals surface area contributed by atoms with Gasteiger partial charge in [0.15, 0.2) is 0 Å². The van der Waals surface area contributed by atoms with Gasteiger partial charge in [0, 0.05) is 0 Å². The van der Waals surface area contributed by atoms with Crippen molar-refractivity contribution in [3.8, 4) is 0 Å². The summed E-state index contributed by atoms with van der Waals surface area (Å²) < 4.78 is 0. The van der Waals surface area contributed by atoms with Gasteiger partial charge in [-0.25, -0.2) is 0 Å². The molecule has 0 atom stereocenters. The van der Waals surface area contributed by atoms with E-state index in [2.05, 4.69) is 42.5 Å². The van der Waals surface area contributed by atoms with Crippen molar-refractivity contribution in [3.63, 3.8) is 0 Å². The van der Waals surface area contributed by atoms with Crippen molar-refractivity contribution >= 4 is 0 Å². The minimum absolute atomic E-state index is 0. The Hall–Kier alpha value is 1.11. The molecule has 0 aromatic heterocycles. The molecular formula is C24H64N8Ti2. The fourth-order valence-corrected chi connectivity index (χ4v) is 0. The molecule has 0 heterocycles. The van der Waals surface area contributed by atoms with Gasteiger partial charge in [0.25, 0.3) is 0 Å². The summed E-state index contributed by atoms with van der Waals surface area (Å²) in [6.45, 7) is 23.7. The SMILES string of the molecule is CC[N-]C.CC[N-]C.CC[N-]C.CC[N-]C.CC[N-]C.CC[N-]C.CC[N-]C.CC[N-]C.[Ti+4].[Ti+4]. The molecule has 10 heteroatoms. The zero-order chi connectivity index (χ0) is 27.3. The molecule has 0 fully saturated rings. The molecule has 208 valence electrons. The molecule has 0 aromatic rings. The van der Waals surface area contributed by atoms with Crippen LogP contribution in [0.4, 0.5) is 0 Å². The maximum absolute atomic E-state index is 3.74. The van der Waals surface area contributed by atoms with E-state index in [4.69, 9.17) is 0 Å². The topological polar surface area (TPSA) is 113 Å². The van der Waals surface area contributed by atoms with Crippen LogP contribution in [0, 0.1) is 0 Å². The molecule has 0 amide bonds. The number of nitrogens with zero attached hydrogens (tertiary/aromatic N) is 8. The van der Waals surface area contributed by atoms with Crippen LogP contribution in [0.1, 0.15) is 55.4 Å². The molecule has 0 unspecified atom stereocenters. The first-order valence-corrected chi connectivity index (χ1v) is 11.8. The molecule has 0 aliphatic rings. The van der Waals surface area contributed by atoms with E-state index in [1.807, 2.05) is 55.4 Å². The Balaban J connectivity index is -0.0000000240. The van der Waals surface area contributed by atoms with Crippen molar-refractivity contribution in [2.24, 2.45) is 0 Å². The van der Waals surface area contributed by atoms with Crippen LogP contribution in [0.3, 0.4) is 0 Å². The summed E-state index contributed by atoms with van der Waals surface area (Å²) >= 11 is 0. The molecule has 0 rings (SSSR count). The average Bonchev–Trinajstić information content (AvgIpc) is 2.89. The minimum Gasteiger partial charge on any atom is -0.665 e. The standard InChI is InChI=1S/8C3H8N.2Ti/c8*1-3-4-2;;/h8*3H2,1-2H3;;/q8*-1;2*+4. The third-order valence-corrected chi connectivity index (χ3v) is 2.53. The second-order valence-electron chi connectivity index (χ2n) is 5.06. The van der Waals surface area contributed by atoms with Crippen LogP contribution in [0.5, 0.6) is 0 Å². The molecule has 0 saturated carbocycles. The molecular weight excluding hydrogens is 496 g/mol. The van der Waals surface area contributed by atoms with Gasteiger partial charge >= 0.3 is 43.4 Å². The third-order valence-electron chi connectivity index (χ3n) is 2.53. The molecule has 0 spiro atoms. The molecule has 8 nitrogen and oxygen atoms in total. The van der Waals surface area contributed by atoms with E-state index in [9.17, 15) is 0 Å². The first-order valence-electron chi connectivity index (χ1n) is 11.8. The van der Waals surface area contributed by atoms with Crippen molar-refractivity contribution < 1.29 is 43.4 Å². The van der Waals surface area contributed by atoms with Gasteiger partial charge in [0.05, 0.1) is 0 Å². The second kappa shape index (κ2) is 128. The third kappa shape index (κ3) is 411. The number of hydrogen-bond donors (Lipinski definition) is 0. The zero-order valence-corrected chi connectivity index (χ0v) is 29.4. The van der Waals surface area contributed by atoms with Crippen LogP contribution in [-0.4, -0.2) is 109 Å². The van der Waals surface area contributed by atoms with Gasteiger partial charge in [-0.1, -0.05) is 55.4 Å². The number of rotatable bonds is 8. The van der Waals surface area contributed by atoms with E-state index >= 15 is 0 Å². The fourth-order valence-electron chi connectivity index (χ4n) is 0. The summed E-state index contributed by atoms with van der Waals surface area (Å²) in [5, 5.41) is 29.9. The first kappa shape index (κ1) is 64.8. The van der Waals surface area contributed by atoms with Crippen molar-refractivity contribution in [2.45, 2.75) is 55.4 Å². The maximum Gasteiger partial charge on any atom is 4.00 e. The average molecular weight is 561 g/mol. The number of hydrogen-bond acceptors (Lipinski definition) is 0. The van der Waals surface area contributed by atoms with Gasteiger partial charge in [-0.3, -0.25) is 0 Å². The van der Waals surface area contributed by atoms with Crippen LogP contribution < -0.4 is 0 Å². The molecule has 0 N–H and O–H groups in total. The van der Waals surface area contributed by atoms with Crippen LogP contribution in [0.25, 0.3) is 42.5 Å². The molecule has 0 radical (unpaired) electrons. The Bertz CT molecular complexity index is 101. The van der Waals surface area contributed by atoms with Gasteiger partial charge in [0.1, 0.15) is 0 Å². The van der Waals surface area contributed by atoms with E-state index in [0.717, 1.165) is 52.4 Å². The Morgan fingerprint density at radius 2 is 0.265 bits per heavy atom. The molecule has 0 aliphatic heterocycles. The summed E-state index contributed by atoms with van der Waals surface area (Å²) in [6, 6.07) is 0. The smallest absolute Gasteiger partial charge is 0.665 e. The van der Waals surface area contributed by atoms with Crippen molar-refractivity contribution in [3.05, 3.63) is 42.5 Å². The van der Waals surface area contributed by atoms with Crippen LogP contribution in [-0.2, 0) is 43.4 Å². The first-order chi connectivity index (χ1) is 15.3. The van der Waals surface area contributed by atoms with Crippen LogP contribution in [0.2, 0.25) is 0 Å². The van der Waals surface area contributed by atoms with Crippen LogP contribution >= 0.6 is 0 Å². The summed E-state index contributed by atoms with van der Waals surface area (Å²) in [6.07, 6.45) is 0. The van der Waals surface area contributed by atoms with Crippen molar-refractivity contribution in [2.75, 3.05) is 109 Å². The maximum atomic E-state index is 3.74. The zero-order valence-electron chi connectivity index (χ0n) is 26.2. The predicted octanol–water partition coefficient (Wildman–Crippen LogP) is 8.07. The van der Waals surface area contributed by atoms with Gasteiger partial charge in [-0.05, 0) is 0 Å². The molecule has 34 heavy (non-hydrogen) atoms. The minimum atomic E-state index is 0. The van der Waals surface area contributed by atoms with Crippen LogP contribution in [0.15, 0.2) is 0 Å². The fraction of sp³-hybridized carbons (Fsp3) is 1.00. The second-order valence-corrected chi connectivity index (χ2v) is 5.06. The molecule has 0 saturated heterocycles. The van der Waals surface area contributed by atoms with Crippen molar-refractivity contribution in [1.82, 2.24) is 0 Å². The van der Waals surface area contributed by atoms with E-state index in [1.165, 1.54) is 0 Å². The Labute approximate surface area is 249 Å². The summed E-state index contributed by atoms with van der Waals surface area (Å²) in [5.41, 5.74) is 0. The molecule has 0 aliphatic carbocycles. The quantitative estimate of drug-likeness (QED) is 0.267. The molecule has 0 bridgehead atoms. The summed E-state index contributed by atoms with van der Waals surface area (Å²) in [5.74, 6) is 0. The van der Waals surface area contributed by atoms with Gasteiger partial charge in [-0.2, -0.15) is 109 Å². The Morgan fingerprint density at radius 3 is 0.265 bits per heavy atom. The van der Waals surface area contributed by atoms with E-state index in [-0.39, 0.29) is 43.4 Å². The van der Waals surface area contributed by atoms with E-state index in [1.54, 1.807) is 56.4 Å². The largest absolute Gasteiger partial charge is 4.00 e. The van der Waals surface area contributed by atoms with E-state index in [0.29, 0.717) is 0 Å². The van der Waals surface area contributed by atoms with Gasteiger partial charge in [0.2, 0.25) is 0 Å². The van der Waals surface area contributed by atoms with Gasteiger partial charge < -0.3 is 42.5 Å². The Morgan fingerprint density at radius 1 is 0.235 bits per heavy atom. The summed E-state index contributed by atoms with van der Waals surface area (Å²) in [4.78, 5) is 0. The van der Waals surface area contributed by atoms with E-state index < -0.39 is 0 Å². The normalized spacial score (nSPS) is 7.06. The molecule has 0 aromatic carbocycles. The predicted molar refractivity (Wildman–Crippen MR) is 159 cm³/mol. The Kier molecular flexibility index (Phi) is 243. The summed E-state index contributed by atoms with van der Waals surface area (Å²) in [7, 11) is 14.4.